The maximum atomic E-state index is 9.94. The van der Waals surface area contributed by atoms with Crippen LogP contribution in [0.5, 0.6) is 5.75 Å². The molecule has 0 heterocycles. The van der Waals surface area contributed by atoms with Crippen molar-refractivity contribution in [3.8, 4) is 5.75 Å². The minimum atomic E-state index is -0.449. The summed E-state index contributed by atoms with van der Waals surface area (Å²) in [7, 11) is 0. The summed E-state index contributed by atoms with van der Waals surface area (Å²) >= 11 is 0. The van der Waals surface area contributed by atoms with Crippen molar-refractivity contribution >= 4 is 0 Å². The van der Waals surface area contributed by atoms with Crippen molar-refractivity contribution in [1.29, 1.82) is 0 Å². The van der Waals surface area contributed by atoms with Gasteiger partial charge >= 0.3 is 0 Å². The average Bonchev–Trinajstić information content (AvgIpc) is 2.32. The van der Waals surface area contributed by atoms with Crippen LogP contribution in [0.1, 0.15) is 30.9 Å². The van der Waals surface area contributed by atoms with Crippen molar-refractivity contribution in [1.82, 2.24) is 5.32 Å². The van der Waals surface area contributed by atoms with Crippen LogP contribution in [0.25, 0.3) is 0 Å². The Morgan fingerprint density at radius 3 is 2.53 bits per heavy atom. The van der Waals surface area contributed by atoms with E-state index in [9.17, 15) is 5.11 Å². The van der Waals surface area contributed by atoms with Crippen LogP contribution in [-0.2, 0) is 0 Å². The lowest BCUT2D eigenvalue weighted by Gasteiger charge is -2.34. The highest BCUT2D eigenvalue weighted by molar-refractivity contribution is 5.39. The van der Waals surface area contributed by atoms with E-state index < -0.39 is 6.10 Å². The Hall–Kier alpha value is -1.06. The molecule has 0 aliphatic heterocycles. The summed E-state index contributed by atoms with van der Waals surface area (Å²) in [6, 6.07) is 6.67. The second-order valence-corrected chi connectivity index (χ2v) is 5.87. The van der Waals surface area contributed by atoms with Gasteiger partial charge in [-0.3, -0.25) is 0 Å². The number of hydrogen-bond acceptors (Lipinski definition) is 3. The fraction of sp³-hybridized carbons (Fsp3) is 0.625. The number of aliphatic hydroxyl groups excluding tert-OH is 1. The Labute approximate surface area is 116 Å². The third kappa shape index (κ3) is 3.95. The van der Waals surface area contributed by atoms with Gasteiger partial charge in [-0.1, -0.05) is 25.1 Å². The SMILES string of the molecule is Cc1cccc(C)c1OCC(O)CNC1CC(C)C1. The minimum absolute atomic E-state index is 0.348. The lowest BCUT2D eigenvalue weighted by atomic mass is 9.82. The third-order valence-corrected chi connectivity index (χ3v) is 3.84. The van der Waals surface area contributed by atoms with E-state index in [-0.39, 0.29) is 0 Å². The molecule has 1 aromatic rings. The number of rotatable bonds is 6. The Morgan fingerprint density at radius 1 is 1.32 bits per heavy atom. The van der Waals surface area contributed by atoms with Gasteiger partial charge in [-0.25, -0.2) is 0 Å². The highest BCUT2D eigenvalue weighted by Gasteiger charge is 2.25. The van der Waals surface area contributed by atoms with E-state index in [1.54, 1.807) is 0 Å². The van der Waals surface area contributed by atoms with Crippen molar-refractivity contribution < 1.29 is 9.84 Å². The van der Waals surface area contributed by atoms with Crippen molar-refractivity contribution in [2.24, 2.45) is 5.92 Å². The van der Waals surface area contributed by atoms with E-state index in [2.05, 4.69) is 12.2 Å². The highest BCUT2D eigenvalue weighted by Crippen LogP contribution is 2.26. The Kier molecular flexibility index (Phi) is 4.83. The molecule has 1 aromatic carbocycles. The predicted molar refractivity (Wildman–Crippen MR) is 77.6 cm³/mol. The number of ether oxygens (including phenoxy) is 1. The first-order valence-corrected chi connectivity index (χ1v) is 7.16. The standard InChI is InChI=1S/C16H25NO2/c1-11-7-14(8-11)17-9-15(18)10-19-16-12(2)5-4-6-13(16)3/h4-6,11,14-15,17-18H,7-10H2,1-3H3. The van der Waals surface area contributed by atoms with Crippen LogP contribution < -0.4 is 10.1 Å². The van der Waals surface area contributed by atoms with Crippen molar-refractivity contribution in [3.63, 3.8) is 0 Å². The van der Waals surface area contributed by atoms with Crippen molar-refractivity contribution in [2.45, 2.75) is 45.8 Å². The first-order valence-electron chi connectivity index (χ1n) is 7.16. The smallest absolute Gasteiger partial charge is 0.125 e. The molecule has 1 atom stereocenters. The lowest BCUT2D eigenvalue weighted by Crippen LogP contribution is -2.44. The summed E-state index contributed by atoms with van der Waals surface area (Å²) in [5.41, 5.74) is 2.24. The molecule has 0 aromatic heterocycles. The van der Waals surface area contributed by atoms with Crippen LogP contribution in [0, 0.1) is 19.8 Å². The normalized spacial score (nSPS) is 23.8. The van der Waals surface area contributed by atoms with Crippen LogP contribution in [0.15, 0.2) is 18.2 Å². The van der Waals surface area contributed by atoms with Crippen LogP contribution in [0.3, 0.4) is 0 Å². The summed E-state index contributed by atoms with van der Waals surface area (Å²) in [6.45, 7) is 7.29. The fourth-order valence-electron chi connectivity index (χ4n) is 2.64. The second-order valence-electron chi connectivity index (χ2n) is 5.87. The molecule has 0 radical (unpaired) electrons. The van der Waals surface area contributed by atoms with Gasteiger partial charge in [-0.15, -0.1) is 0 Å². The summed E-state index contributed by atoms with van der Waals surface area (Å²) < 4.78 is 5.74. The molecular formula is C16H25NO2. The molecule has 1 aliphatic rings. The molecule has 3 heteroatoms. The first kappa shape index (κ1) is 14.4. The Balaban J connectivity index is 1.72. The van der Waals surface area contributed by atoms with Gasteiger partial charge in [0.25, 0.3) is 0 Å². The van der Waals surface area contributed by atoms with Gasteiger partial charge in [-0.05, 0) is 43.7 Å². The molecule has 0 spiro atoms. The zero-order chi connectivity index (χ0) is 13.8. The van der Waals surface area contributed by atoms with Gasteiger partial charge in [0.1, 0.15) is 18.5 Å². The van der Waals surface area contributed by atoms with Crippen LogP contribution in [0.4, 0.5) is 0 Å². The molecule has 2 rings (SSSR count). The van der Waals surface area contributed by atoms with Crippen molar-refractivity contribution in [2.75, 3.05) is 13.2 Å². The zero-order valence-electron chi connectivity index (χ0n) is 12.1. The third-order valence-electron chi connectivity index (χ3n) is 3.84. The average molecular weight is 263 g/mol. The van der Waals surface area contributed by atoms with E-state index in [0.29, 0.717) is 19.2 Å². The van der Waals surface area contributed by atoms with Gasteiger partial charge in [0.15, 0.2) is 0 Å². The van der Waals surface area contributed by atoms with E-state index >= 15 is 0 Å². The topological polar surface area (TPSA) is 41.5 Å². The van der Waals surface area contributed by atoms with Gasteiger partial charge in [0.2, 0.25) is 0 Å². The molecule has 1 fully saturated rings. The molecule has 106 valence electrons. The molecule has 2 N–H and O–H groups in total. The quantitative estimate of drug-likeness (QED) is 0.828. The number of aliphatic hydroxyl groups is 1. The molecule has 0 saturated heterocycles. The summed E-state index contributed by atoms with van der Waals surface area (Å²) in [5.74, 6) is 1.74. The predicted octanol–water partition coefficient (Wildman–Crippen LogP) is 2.43. The van der Waals surface area contributed by atoms with E-state index in [4.69, 9.17) is 4.74 Å². The molecular weight excluding hydrogens is 238 g/mol. The summed E-state index contributed by atoms with van der Waals surface area (Å²) in [5, 5.41) is 13.3. The van der Waals surface area contributed by atoms with Crippen LogP contribution in [-0.4, -0.2) is 30.4 Å². The highest BCUT2D eigenvalue weighted by atomic mass is 16.5. The van der Waals surface area contributed by atoms with E-state index in [1.807, 2.05) is 32.0 Å². The molecule has 1 unspecified atom stereocenters. The summed E-state index contributed by atoms with van der Waals surface area (Å²) in [6.07, 6.45) is 2.00. The zero-order valence-corrected chi connectivity index (χ0v) is 12.1. The van der Waals surface area contributed by atoms with Crippen LogP contribution in [0.2, 0.25) is 0 Å². The Bertz CT molecular complexity index is 393. The largest absolute Gasteiger partial charge is 0.490 e. The number of aryl methyl sites for hydroxylation is 2. The van der Waals surface area contributed by atoms with E-state index in [0.717, 1.165) is 22.8 Å². The van der Waals surface area contributed by atoms with E-state index in [1.165, 1.54) is 12.8 Å². The maximum absolute atomic E-state index is 9.94. The molecule has 1 aliphatic carbocycles. The van der Waals surface area contributed by atoms with Gasteiger partial charge in [0.05, 0.1) is 0 Å². The van der Waals surface area contributed by atoms with Crippen LogP contribution >= 0.6 is 0 Å². The Morgan fingerprint density at radius 2 is 1.95 bits per heavy atom. The monoisotopic (exact) mass is 263 g/mol. The molecule has 0 bridgehead atoms. The molecule has 3 nitrogen and oxygen atoms in total. The maximum Gasteiger partial charge on any atom is 0.125 e. The molecule has 19 heavy (non-hydrogen) atoms. The van der Waals surface area contributed by atoms with Crippen molar-refractivity contribution in [3.05, 3.63) is 29.3 Å². The number of para-hydroxylation sites is 1. The second kappa shape index (κ2) is 6.40. The number of benzene rings is 1. The fourth-order valence-corrected chi connectivity index (χ4v) is 2.64. The number of nitrogens with one attached hydrogen (secondary N) is 1. The first-order chi connectivity index (χ1) is 9.06. The molecule has 1 saturated carbocycles. The van der Waals surface area contributed by atoms with Gasteiger partial charge in [0, 0.05) is 12.6 Å². The molecule has 0 amide bonds. The van der Waals surface area contributed by atoms with Gasteiger partial charge < -0.3 is 15.2 Å². The lowest BCUT2D eigenvalue weighted by molar-refractivity contribution is 0.0949. The number of hydrogen-bond donors (Lipinski definition) is 2. The minimum Gasteiger partial charge on any atom is -0.490 e. The van der Waals surface area contributed by atoms with Gasteiger partial charge in [-0.2, -0.15) is 0 Å². The summed E-state index contributed by atoms with van der Waals surface area (Å²) in [4.78, 5) is 0.